The van der Waals surface area contributed by atoms with Crippen LogP contribution in [0.1, 0.15) is 6.92 Å². The van der Waals surface area contributed by atoms with Gasteiger partial charge in [0.1, 0.15) is 0 Å². The maximum atomic E-state index is 5.82. The largest absolute Gasteiger partial charge is 0.375 e. The van der Waals surface area contributed by atoms with Gasteiger partial charge in [0.25, 0.3) is 0 Å². The average molecular weight is 268 g/mol. The molecule has 1 fully saturated rings. The quantitative estimate of drug-likeness (QED) is 0.846. The van der Waals surface area contributed by atoms with Crippen LogP contribution in [0.4, 0.5) is 11.4 Å². The molecule has 2 aromatic rings. The molecule has 3 nitrogen and oxygen atoms in total. The fourth-order valence-corrected chi connectivity index (χ4v) is 2.67. The average Bonchev–Trinajstić information content (AvgIpc) is 2.93. The maximum absolute atomic E-state index is 5.82. The van der Waals surface area contributed by atoms with Crippen molar-refractivity contribution >= 4 is 11.4 Å². The molecule has 0 amide bonds. The number of hydrogen-bond donors (Lipinski definition) is 0. The number of nitrogens with zero attached hydrogens (tertiary/aromatic N) is 2. The van der Waals surface area contributed by atoms with E-state index in [4.69, 9.17) is 4.74 Å². The molecular weight excluding hydrogens is 248 g/mol. The van der Waals surface area contributed by atoms with Crippen LogP contribution >= 0.6 is 0 Å². The standard InChI is InChI=1S/C17H20N2O/c1-2-20-17-13-18(15-9-5-3-6-10-15)19(14-17)16-11-7-4-8-12-16/h3-12,17H,2,13-14H2,1H3. The zero-order valence-electron chi connectivity index (χ0n) is 11.8. The molecule has 0 radical (unpaired) electrons. The molecule has 104 valence electrons. The topological polar surface area (TPSA) is 15.7 Å². The van der Waals surface area contributed by atoms with Gasteiger partial charge in [0.15, 0.2) is 0 Å². The third-order valence-corrected chi connectivity index (χ3v) is 3.56. The third-order valence-electron chi connectivity index (χ3n) is 3.56. The first-order chi connectivity index (χ1) is 9.88. The maximum Gasteiger partial charge on any atom is 0.0965 e. The lowest BCUT2D eigenvalue weighted by atomic mass is 10.3. The number of anilines is 2. The number of benzene rings is 2. The van der Waals surface area contributed by atoms with Crippen LogP contribution in [0.3, 0.4) is 0 Å². The first-order valence-electron chi connectivity index (χ1n) is 7.15. The van der Waals surface area contributed by atoms with Gasteiger partial charge >= 0.3 is 0 Å². The van der Waals surface area contributed by atoms with Crippen molar-refractivity contribution in [3.8, 4) is 0 Å². The number of rotatable bonds is 4. The first-order valence-corrected chi connectivity index (χ1v) is 7.15. The van der Waals surface area contributed by atoms with E-state index < -0.39 is 0 Å². The van der Waals surface area contributed by atoms with E-state index in [9.17, 15) is 0 Å². The number of hydrazine groups is 1. The molecule has 1 aliphatic heterocycles. The van der Waals surface area contributed by atoms with Crippen molar-refractivity contribution in [1.82, 2.24) is 0 Å². The van der Waals surface area contributed by atoms with Crippen molar-refractivity contribution < 1.29 is 4.74 Å². The summed E-state index contributed by atoms with van der Waals surface area (Å²) in [5, 5.41) is 4.60. The molecule has 1 saturated heterocycles. The molecule has 3 rings (SSSR count). The molecule has 0 unspecified atom stereocenters. The zero-order chi connectivity index (χ0) is 13.8. The van der Waals surface area contributed by atoms with Crippen LogP contribution in [-0.4, -0.2) is 25.8 Å². The van der Waals surface area contributed by atoms with E-state index in [1.54, 1.807) is 0 Å². The highest BCUT2D eigenvalue weighted by atomic mass is 16.5. The lowest BCUT2D eigenvalue weighted by molar-refractivity contribution is 0.0873. The Bertz CT molecular complexity index is 482. The molecule has 0 atom stereocenters. The van der Waals surface area contributed by atoms with Crippen LogP contribution in [0.2, 0.25) is 0 Å². The summed E-state index contributed by atoms with van der Waals surface area (Å²) >= 11 is 0. The van der Waals surface area contributed by atoms with Crippen molar-refractivity contribution in [3.63, 3.8) is 0 Å². The highest BCUT2D eigenvalue weighted by Crippen LogP contribution is 2.27. The Morgan fingerprint density at radius 1 is 0.850 bits per heavy atom. The van der Waals surface area contributed by atoms with Crippen LogP contribution < -0.4 is 10.0 Å². The highest BCUT2D eigenvalue weighted by molar-refractivity contribution is 5.59. The van der Waals surface area contributed by atoms with Crippen LogP contribution in [0.15, 0.2) is 60.7 Å². The number of hydrogen-bond acceptors (Lipinski definition) is 3. The molecule has 0 N–H and O–H groups in total. The van der Waals surface area contributed by atoms with Gasteiger partial charge < -0.3 is 4.74 Å². The Morgan fingerprint density at radius 3 is 1.70 bits per heavy atom. The summed E-state index contributed by atoms with van der Waals surface area (Å²) in [6.07, 6.45) is 0.250. The lowest BCUT2D eigenvalue weighted by Crippen LogP contribution is -2.36. The van der Waals surface area contributed by atoms with Crippen LogP contribution in [-0.2, 0) is 4.74 Å². The summed E-state index contributed by atoms with van der Waals surface area (Å²) < 4.78 is 5.82. The van der Waals surface area contributed by atoms with Gasteiger partial charge in [-0.25, -0.2) is 0 Å². The minimum absolute atomic E-state index is 0.250. The predicted molar refractivity (Wildman–Crippen MR) is 83.0 cm³/mol. The highest BCUT2D eigenvalue weighted by Gasteiger charge is 2.30. The van der Waals surface area contributed by atoms with Gasteiger partial charge in [-0.1, -0.05) is 36.4 Å². The van der Waals surface area contributed by atoms with Gasteiger partial charge in [-0.05, 0) is 31.2 Å². The van der Waals surface area contributed by atoms with E-state index in [1.165, 1.54) is 11.4 Å². The minimum Gasteiger partial charge on any atom is -0.375 e. The van der Waals surface area contributed by atoms with Crippen molar-refractivity contribution in [2.45, 2.75) is 13.0 Å². The lowest BCUT2D eigenvalue weighted by Gasteiger charge is -2.31. The summed E-state index contributed by atoms with van der Waals surface area (Å²) in [6, 6.07) is 21.0. The second-order valence-corrected chi connectivity index (χ2v) is 4.91. The van der Waals surface area contributed by atoms with Crippen molar-refractivity contribution in [2.75, 3.05) is 29.7 Å². The van der Waals surface area contributed by atoms with Crippen molar-refractivity contribution in [3.05, 3.63) is 60.7 Å². The Kier molecular flexibility index (Phi) is 3.88. The van der Waals surface area contributed by atoms with Crippen LogP contribution in [0.5, 0.6) is 0 Å². The second kappa shape index (κ2) is 5.97. The zero-order valence-corrected chi connectivity index (χ0v) is 11.8. The molecule has 0 spiro atoms. The van der Waals surface area contributed by atoms with Gasteiger partial charge in [-0.15, -0.1) is 0 Å². The molecular formula is C17H20N2O. The SMILES string of the molecule is CCOC1CN(c2ccccc2)N(c2ccccc2)C1. The molecule has 1 heterocycles. The summed E-state index contributed by atoms with van der Waals surface area (Å²) in [6.45, 7) is 4.60. The molecule has 3 heteroatoms. The Morgan fingerprint density at radius 2 is 1.30 bits per heavy atom. The van der Waals surface area contributed by atoms with Gasteiger partial charge in [-0.3, -0.25) is 10.0 Å². The minimum atomic E-state index is 0.250. The van der Waals surface area contributed by atoms with Gasteiger partial charge in [-0.2, -0.15) is 0 Å². The monoisotopic (exact) mass is 268 g/mol. The molecule has 1 aliphatic rings. The smallest absolute Gasteiger partial charge is 0.0965 e. The number of ether oxygens (including phenoxy) is 1. The molecule has 0 bridgehead atoms. The van der Waals surface area contributed by atoms with E-state index >= 15 is 0 Å². The molecule has 2 aromatic carbocycles. The Hall–Kier alpha value is -2.00. The predicted octanol–water partition coefficient (Wildman–Crippen LogP) is 3.33. The van der Waals surface area contributed by atoms with Crippen molar-refractivity contribution in [2.24, 2.45) is 0 Å². The van der Waals surface area contributed by atoms with Crippen LogP contribution in [0.25, 0.3) is 0 Å². The van der Waals surface area contributed by atoms with E-state index in [0.29, 0.717) is 0 Å². The normalized spacial score (nSPS) is 15.8. The molecule has 20 heavy (non-hydrogen) atoms. The summed E-state index contributed by atoms with van der Waals surface area (Å²) in [5.74, 6) is 0. The molecule has 0 saturated carbocycles. The Balaban J connectivity index is 1.89. The van der Waals surface area contributed by atoms with E-state index in [0.717, 1.165) is 19.7 Å². The Labute approximate surface area is 120 Å². The fourth-order valence-electron chi connectivity index (χ4n) is 2.67. The van der Waals surface area contributed by atoms with E-state index in [-0.39, 0.29) is 6.10 Å². The van der Waals surface area contributed by atoms with Gasteiger partial charge in [0.05, 0.1) is 30.6 Å². The number of para-hydroxylation sites is 2. The van der Waals surface area contributed by atoms with E-state index in [1.807, 2.05) is 12.1 Å². The van der Waals surface area contributed by atoms with Crippen LogP contribution in [0, 0.1) is 0 Å². The van der Waals surface area contributed by atoms with Gasteiger partial charge in [0.2, 0.25) is 0 Å². The van der Waals surface area contributed by atoms with Gasteiger partial charge in [0, 0.05) is 6.61 Å². The summed E-state index contributed by atoms with van der Waals surface area (Å²) in [5.41, 5.74) is 2.41. The summed E-state index contributed by atoms with van der Waals surface area (Å²) in [4.78, 5) is 0. The first kappa shape index (κ1) is 13.0. The second-order valence-electron chi connectivity index (χ2n) is 4.91. The molecule has 0 aliphatic carbocycles. The third kappa shape index (κ3) is 2.63. The van der Waals surface area contributed by atoms with E-state index in [2.05, 4.69) is 65.5 Å². The van der Waals surface area contributed by atoms with Crippen molar-refractivity contribution in [1.29, 1.82) is 0 Å². The fraction of sp³-hybridized carbons (Fsp3) is 0.294. The summed E-state index contributed by atoms with van der Waals surface area (Å²) in [7, 11) is 0. The molecule has 0 aromatic heterocycles.